The van der Waals surface area contributed by atoms with E-state index in [4.69, 9.17) is 0 Å². The normalized spacial score (nSPS) is 22.3. The highest BCUT2D eigenvalue weighted by atomic mass is 16.6. The number of rotatable bonds is 3. The van der Waals surface area contributed by atoms with E-state index in [9.17, 15) is 14.9 Å². The third-order valence-electron chi connectivity index (χ3n) is 3.89. The first-order valence-corrected chi connectivity index (χ1v) is 7.44. The Balaban J connectivity index is 2.09. The van der Waals surface area contributed by atoms with Gasteiger partial charge in [0.15, 0.2) is 5.84 Å². The average Bonchev–Trinajstić information content (AvgIpc) is 2.60. The van der Waals surface area contributed by atoms with Gasteiger partial charge in [0.25, 0.3) is 6.04 Å². The van der Waals surface area contributed by atoms with Gasteiger partial charge in [0.2, 0.25) is 0 Å². The van der Waals surface area contributed by atoms with Crippen molar-refractivity contribution in [3.8, 4) is 0 Å². The largest absolute Gasteiger partial charge is 0.323 e. The molecule has 7 nitrogen and oxygen atoms in total. The number of nitrogens with zero attached hydrogens (tertiary/aromatic N) is 3. The Bertz CT molecular complexity index is 777. The minimum Gasteiger partial charge on any atom is -0.323 e. The number of hydrogen-bond donors (Lipinski definition) is 1. The number of amidine groups is 1. The van der Waals surface area contributed by atoms with Crippen LogP contribution in [0, 0.1) is 10.1 Å². The number of benzene rings is 2. The van der Waals surface area contributed by atoms with Crippen molar-refractivity contribution in [2.24, 2.45) is 4.99 Å². The lowest BCUT2D eigenvalue weighted by molar-refractivity contribution is -0.509. The Morgan fingerprint density at radius 1 is 1.08 bits per heavy atom. The Morgan fingerprint density at radius 2 is 1.67 bits per heavy atom. The summed E-state index contributed by atoms with van der Waals surface area (Å²) in [5.74, 6) is 0.115. The molecule has 7 heteroatoms. The van der Waals surface area contributed by atoms with Gasteiger partial charge in [0.05, 0.1) is 5.69 Å². The van der Waals surface area contributed by atoms with Crippen molar-refractivity contribution in [3.63, 3.8) is 0 Å². The van der Waals surface area contributed by atoms with E-state index in [2.05, 4.69) is 10.3 Å². The van der Waals surface area contributed by atoms with Crippen molar-refractivity contribution in [2.75, 3.05) is 7.05 Å². The summed E-state index contributed by atoms with van der Waals surface area (Å²) in [4.78, 5) is 29.2. The van der Waals surface area contributed by atoms with Crippen molar-refractivity contribution in [3.05, 3.63) is 76.3 Å². The SMILES string of the molecule is CN1C(=O)N[C@H](c2ccccc2)[C@H]([N+](=O)[O-])C1=Nc1ccccc1. The number of hydrogen-bond acceptors (Lipinski definition) is 4. The van der Waals surface area contributed by atoms with Gasteiger partial charge in [-0.15, -0.1) is 0 Å². The highest BCUT2D eigenvalue weighted by Crippen LogP contribution is 2.26. The molecule has 2 aromatic carbocycles. The number of likely N-dealkylation sites (N-methyl/N-ethyl adjacent to an activating group) is 1. The molecule has 0 aliphatic carbocycles. The van der Waals surface area contributed by atoms with Gasteiger partial charge < -0.3 is 5.32 Å². The van der Waals surface area contributed by atoms with Crippen molar-refractivity contribution in [1.29, 1.82) is 0 Å². The van der Waals surface area contributed by atoms with Crippen LogP contribution in [0.25, 0.3) is 0 Å². The molecule has 1 saturated heterocycles. The molecular weight excluding hydrogens is 308 g/mol. The van der Waals surface area contributed by atoms with Gasteiger partial charge in [0, 0.05) is 12.0 Å². The van der Waals surface area contributed by atoms with Crippen molar-refractivity contribution < 1.29 is 9.72 Å². The lowest BCUT2D eigenvalue weighted by Crippen LogP contribution is -2.59. The molecule has 3 rings (SSSR count). The number of aliphatic imine (C=N–C) groups is 1. The first-order chi connectivity index (χ1) is 11.6. The Kier molecular flexibility index (Phi) is 4.24. The molecule has 1 aliphatic heterocycles. The van der Waals surface area contributed by atoms with Crippen LogP contribution in [-0.2, 0) is 0 Å². The number of carbonyl (C=O) groups is 1. The molecule has 2 aromatic rings. The highest BCUT2D eigenvalue weighted by Gasteiger charge is 2.46. The van der Waals surface area contributed by atoms with Crippen molar-refractivity contribution in [1.82, 2.24) is 10.2 Å². The van der Waals surface area contributed by atoms with E-state index >= 15 is 0 Å². The van der Waals surface area contributed by atoms with Crippen LogP contribution in [0.15, 0.2) is 65.7 Å². The van der Waals surface area contributed by atoms with E-state index in [1.54, 1.807) is 48.5 Å². The van der Waals surface area contributed by atoms with E-state index in [-0.39, 0.29) is 5.84 Å². The highest BCUT2D eigenvalue weighted by molar-refractivity contribution is 6.03. The van der Waals surface area contributed by atoms with Crippen molar-refractivity contribution in [2.45, 2.75) is 12.1 Å². The predicted molar refractivity (Wildman–Crippen MR) is 89.8 cm³/mol. The topological polar surface area (TPSA) is 87.8 Å². The minimum atomic E-state index is -1.17. The summed E-state index contributed by atoms with van der Waals surface area (Å²) >= 11 is 0. The predicted octanol–water partition coefficient (Wildman–Crippen LogP) is 2.76. The second-order valence-corrected chi connectivity index (χ2v) is 5.43. The first-order valence-electron chi connectivity index (χ1n) is 7.44. The van der Waals surface area contributed by atoms with Gasteiger partial charge in [0.1, 0.15) is 6.04 Å². The Labute approximate surface area is 138 Å². The maximum atomic E-state index is 12.3. The van der Waals surface area contributed by atoms with Gasteiger partial charge in [-0.25, -0.2) is 9.79 Å². The molecule has 0 unspecified atom stereocenters. The van der Waals surface area contributed by atoms with E-state index in [1.807, 2.05) is 12.1 Å². The quantitative estimate of drug-likeness (QED) is 0.695. The smallest absolute Gasteiger partial charge is 0.323 e. The molecular formula is C17H16N4O3. The molecule has 1 N–H and O–H groups in total. The van der Waals surface area contributed by atoms with Crippen LogP contribution in [0.1, 0.15) is 11.6 Å². The summed E-state index contributed by atoms with van der Waals surface area (Å²) in [5.41, 5.74) is 1.23. The maximum Gasteiger partial charge on any atom is 0.323 e. The molecule has 0 saturated carbocycles. The lowest BCUT2D eigenvalue weighted by Gasteiger charge is -2.33. The zero-order valence-corrected chi connectivity index (χ0v) is 13.0. The summed E-state index contributed by atoms with van der Waals surface area (Å²) in [6.07, 6.45) is 0. The number of nitro groups is 1. The molecule has 24 heavy (non-hydrogen) atoms. The molecule has 0 radical (unpaired) electrons. The molecule has 2 atom stereocenters. The van der Waals surface area contributed by atoms with Crippen LogP contribution in [0.5, 0.6) is 0 Å². The zero-order chi connectivity index (χ0) is 17.1. The number of amides is 2. The third kappa shape index (κ3) is 2.96. The third-order valence-corrected chi connectivity index (χ3v) is 3.89. The fraction of sp³-hybridized carbons (Fsp3) is 0.176. The van der Waals surface area contributed by atoms with Crippen molar-refractivity contribution >= 4 is 17.6 Å². The van der Waals surface area contributed by atoms with Crippen LogP contribution >= 0.6 is 0 Å². The van der Waals surface area contributed by atoms with Gasteiger partial charge in [-0.1, -0.05) is 48.5 Å². The molecule has 1 heterocycles. The van der Waals surface area contributed by atoms with E-state index in [0.29, 0.717) is 11.3 Å². The zero-order valence-electron chi connectivity index (χ0n) is 13.0. The van der Waals surface area contributed by atoms with Crippen LogP contribution in [0.4, 0.5) is 10.5 Å². The maximum absolute atomic E-state index is 12.3. The molecule has 0 spiro atoms. The number of nitrogens with one attached hydrogen (secondary N) is 1. The van der Waals surface area contributed by atoms with Crippen LogP contribution in [-0.4, -0.2) is 34.8 Å². The van der Waals surface area contributed by atoms with Crippen LogP contribution in [0.2, 0.25) is 0 Å². The van der Waals surface area contributed by atoms with Crippen LogP contribution in [0.3, 0.4) is 0 Å². The van der Waals surface area contributed by atoms with E-state index in [0.717, 1.165) is 0 Å². The minimum absolute atomic E-state index is 0.115. The molecule has 2 amide bonds. The molecule has 1 aliphatic rings. The summed E-state index contributed by atoms with van der Waals surface area (Å²) in [6.45, 7) is 0. The van der Waals surface area contributed by atoms with Gasteiger partial charge in [-0.05, 0) is 17.7 Å². The second-order valence-electron chi connectivity index (χ2n) is 5.43. The second kappa shape index (κ2) is 6.49. The van der Waals surface area contributed by atoms with E-state index in [1.165, 1.54) is 11.9 Å². The lowest BCUT2D eigenvalue weighted by atomic mass is 9.96. The molecule has 0 aromatic heterocycles. The fourth-order valence-corrected chi connectivity index (χ4v) is 2.68. The van der Waals surface area contributed by atoms with Gasteiger partial charge >= 0.3 is 6.03 Å². The monoisotopic (exact) mass is 324 g/mol. The number of urea groups is 1. The molecule has 0 bridgehead atoms. The number of carbonyl (C=O) groups excluding carboxylic acids is 1. The Morgan fingerprint density at radius 3 is 2.25 bits per heavy atom. The van der Waals surface area contributed by atoms with Crippen LogP contribution < -0.4 is 5.32 Å². The number of para-hydroxylation sites is 1. The summed E-state index contributed by atoms with van der Waals surface area (Å²) in [6, 6.07) is 15.4. The Hall–Kier alpha value is -3.22. The fourth-order valence-electron chi connectivity index (χ4n) is 2.68. The summed E-state index contributed by atoms with van der Waals surface area (Å²) in [7, 11) is 1.48. The first kappa shape index (κ1) is 15.7. The molecule has 122 valence electrons. The standard InChI is InChI=1S/C17H16N4O3/c1-20-16(18-13-10-6-3-7-11-13)15(21(23)24)14(19-17(20)22)12-8-4-2-5-9-12/h2-11,14-15H,1H3,(H,19,22)/t14-,15+/m1/s1. The average molecular weight is 324 g/mol. The molecule has 1 fully saturated rings. The van der Waals surface area contributed by atoms with Gasteiger partial charge in [-0.2, -0.15) is 0 Å². The van der Waals surface area contributed by atoms with Gasteiger partial charge in [-0.3, -0.25) is 15.0 Å². The summed E-state index contributed by atoms with van der Waals surface area (Å²) < 4.78 is 0. The van der Waals surface area contributed by atoms with E-state index < -0.39 is 23.0 Å². The summed E-state index contributed by atoms with van der Waals surface area (Å²) in [5, 5.41) is 14.4.